The lowest BCUT2D eigenvalue weighted by Crippen LogP contribution is -2.04. The minimum absolute atomic E-state index is 0.676. The molecule has 0 amide bonds. The third kappa shape index (κ3) is 2.02. The Bertz CT molecular complexity index is 243. The lowest BCUT2D eigenvalue weighted by atomic mass is 10.1. The van der Waals surface area contributed by atoms with E-state index in [-0.39, 0.29) is 0 Å². The molecule has 0 spiro atoms. The minimum Gasteiger partial charge on any atom is -0.330 e. The molecule has 2 nitrogen and oxygen atoms in total. The summed E-state index contributed by atoms with van der Waals surface area (Å²) in [5.74, 6) is 0. The Morgan fingerprint density at radius 3 is 2.64 bits per heavy atom. The molecule has 2 N–H and O–H groups in total. The van der Waals surface area contributed by atoms with Crippen molar-refractivity contribution in [1.29, 1.82) is 0 Å². The maximum atomic E-state index is 5.41. The van der Waals surface area contributed by atoms with Crippen LogP contribution in [0, 0.1) is 13.8 Å². The second-order valence-corrected chi connectivity index (χ2v) is 2.80. The normalized spacial score (nSPS) is 10.1. The van der Waals surface area contributed by atoms with Gasteiger partial charge in [-0.15, -0.1) is 0 Å². The first-order valence-electron chi connectivity index (χ1n) is 3.86. The van der Waals surface area contributed by atoms with Gasteiger partial charge in [-0.3, -0.25) is 4.98 Å². The predicted octanol–water partition coefficient (Wildman–Crippen LogP) is 1.20. The van der Waals surface area contributed by atoms with Crippen LogP contribution in [-0.2, 0) is 6.42 Å². The first-order chi connectivity index (χ1) is 5.24. The SMILES string of the molecule is Cc1cnc(CCN)cc1C. The molecule has 0 aliphatic rings. The minimum atomic E-state index is 0.676. The van der Waals surface area contributed by atoms with Crippen molar-refractivity contribution in [1.82, 2.24) is 4.98 Å². The molecular weight excluding hydrogens is 136 g/mol. The van der Waals surface area contributed by atoms with Crippen molar-refractivity contribution < 1.29 is 0 Å². The number of hydrogen-bond donors (Lipinski definition) is 1. The Hall–Kier alpha value is -0.890. The van der Waals surface area contributed by atoms with Crippen molar-refractivity contribution in [2.45, 2.75) is 20.3 Å². The van der Waals surface area contributed by atoms with Gasteiger partial charge in [0.1, 0.15) is 0 Å². The summed E-state index contributed by atoms with van der Waals surface area (Å²) in [7, 11) is 0. The van der Waals surface area contributed by atoms with Crippen LogP contribution < -0.4 is 5.73 Å². The summed E-state index contributed by atoms with van der Waals surface area (Å²) in [5.41, 5.74) is 9.04. The smallest absolute Gasteiger partial charge is 0.0419 e. The summed E-state index contributed by atoms with van der Waals surface area (Å²) in [6, 6.07) is 2.10. The van der Waals surface area contributed by atoms with Gasteiger partial charge in [-0.1, -0.05) is 0 Å². The van der Waals surface area contributed by atoms with Crippen molar-refractivity contribution >= 4 is 0 Å². The number of rotatable bonds is 2. The molecule has 0 atom stereocenters. The second kappa shape index (κ2) is 3.49. The summed E-state index contributed by atoms with van der Waals surface area (Å²) in [6.45, 7) is 4.83. The zero-order valence-corrected chi connectivity index (χ0v) is 7.09. The van der Waals surface area contributed by atoms with Gasteiger partial charge in [0, 0.05) is 18.3 Å². The average molecular weight is 150 g/mol. The molecule has 2 heteroatoms. The predicted molar refractivity (Wildman–Crippen MR) is 46.5 cm³/mol. The van der Waals surface area contributed by atoms with Gasteiger partial charge in [0.05, 0.1) is 0 Å². The monoisotopic (exact) mass is 150 g/mol. The molecule has 1 heterocycles. The van der Waals surface area contributed by atoms with Crippen LogP contribution in [0.25, 0.3) is 0 Å². The highest BCUT2D eigenvalue weighted by Gasteiger charge is 1.95. The van der Waals surface area contributed by atoms with Crippen molar-refractivity contribution in [2.24, 2.45) is 5.73 Å². The quantitative estimate of drug-likeness (QED) is 0.688. The largest absolute Gasteiger partial charge is 0.330 e. The molecule has 11 heavy (non-hydrogen) atoms. The molecule has 0 aliphatic heterocycles. The third-order valence-corrected chi connectivity index (χ3v) is 1.83. The summed E-state index contributed by atoms with van der Waals surface area (Å²) in [4.78, 5) is 4.25. The van der Waals surface area contributed by atoms with E-state index in [1.54, 1.807) is 0 Å². The Morgan fingerprint density at radius 1 is 1.36 bits per heavy atom. The van der Waals surface area contributed by atoms with Crippen LogP contribution >= 0.6 is 0 Å². The van der Waals surface area contributed by atoms with Crippen LogP contribution in [0.2, 0.25) is 0 Å². The third-order valence-electron chi connectivity index (χ3n) is 1.83. The van der Waals surface area contributed by atoms with E-state index in [2.05, 4.69) is 24.9 Å². The second-order valence-electron chi connectivity index (χ2n) is 2.80. The molecule has 1 aromatic heterocycles. The van der Waals surface area contributed by atoms with Gasteiger partial charge in [0.25, 0.3) is 0 Å². The van der Waals surface area contributed by atoms with Crippen molar-refractivity contribution in [3.63, 3.8) is 0 Å². The molecule has 0 saturated heterocycles. The van der Waals surface area contributed by atoms with E-state index in [1.165, 1.54) is 11.1 Å². The van der Waals surface area contributed by atoms with Crippen LogP contribution in [0.1, 0.15) is 16.8 Å². The molecule has 0 radical (unpaired) electrons. The highest BCUT2D eigenvalue weighted by atomic mass is 14.7. The van der Waals surface area contributed by atoms with Gasteiger partial charge in [0.15, 0.2) is 0 Å². The molecule has 0 aromatic carbocycles. The van der Waals surface area contributed by atoms with Crippen LogP contribution in [0.3, 0.4) is 0 Å². The van der Waals surface area contributed by atoms with Gasteiger partial charge in [-0.2, -0.15) is 0 Å². The lowest BCUT2D eigenvalue weighted by molar-refractivity contribution is 0.916. The molecule has 0 bridgehead atoms. The highest BCUT2D eigenvalue weighted by Crippen LogP contribution is 2.06. The zero-order valence-electron chi connectivity index (χ0n) is 7.09. The number of nitrogens with zero attached hydrogens (tertiary/aromatic N) is 1. The van der Waals surface area contributed by atoms with E-state index in [1.807, 2.05) is 6.20 Å². The molecular formula is C9H14N2. The Kier molecular flexibility index (Phi) is 2.60. The lowest BCUT2D eigenvalue weighted by Gasteiger charge is -2.01. The average Bonchev–Trinajstić information content (AvgIpc) is 1.98. The van der Waals surface area contributed by atoms with Gasteiger partial charge in [-0.05, 0) is 37.6 Å². The van der Waals surface area contributed by atoms with Crippen molar-refractivity contribution in [3.05, 3.63) is 29.1 Å². The standard InChI is InChI=1S/C9H14N2/c1-7-5-9(3-4-10)11-6-8(7)2/h5-6H,3-4,10H2,1-2H3. The summed E-state index contributed by atoms with van der Waals surface area (Å²) < 4.78 is 0. The van der Waals surface area contributed by atoms with E-state index in [9.17, 15) is 0 Å². The van der Waals surface area contributed by atoms with Crippen molar-refractivity contribution in [2.75, 3.05) is 6.54 Å². The fraction of sp³-hybridized carbons (Fsp3) is 0.444. The molecule has 0 unspecified atom stereocenters. The van der Waals surface area contributed by atoms with Gasteiger partial charge >= 0.3 is 0 Å². The number of aryl methyl sites for hydroxylation is 2. The molecule has 60 valence electrons. The Balaban J connectivity index is 2.86. The van der Waals surface area contributed by atoms with Gasteiger partial charge in [-0.25, -0.2) is 0 Å². The van der Waals surface area contributed by atoms with E-state index in [0.29, 0.717) is 6.54 Å². The number of aromatic nitrogens is 1. The molecule has 0 fully saturated rings. The van der Waals surface area contributed by atoms with Gasteiger partial charge < -0.3 is 5.73 Å². The maximum absolute atomic E-state index is 5.41. The zero-order chi connectivity index (χ0) is 8.27. The first-order valence-corrected chi connectivity index (χ1v) is 3.86. The topological polar surface area (TPSA) is 38.9 Å². The van der Waals surface area contributed by atoms with E-state index in [4.69, 9.17) is 5.73 Å². The van der Waals surface area contributed by atoms with Gasteiger partial charge in [0.2, 0.25) is 0 Å². The van der Waals surface area contributed by atoms with E-state index < -0.39 is 0 Å². The number of pyridine rings is 1. The fourth-order valence-corrected chi connectivity index (χ4v) is 0.967. The summed E-state index contributed by atoms with van der Waals surface area (Å²) in [5, 5.41) is 0. The Labute approximate surface area is 67.5 Å². The first kappa shape index (κ1) is 8.21. The summed E-state index contributed by atoms with van der Waals surface area (Å²) in [6.07, 6.45) is 2.78. The van der Waals surface area contributed by atoms with Crippen LogP contribution in [0.5, 0.6) is 0 Å². The van der Waals surface area contributed by atoms with Crippen LogP contribution in [0.15, 0.2) is 12.3 Å². The molecule has 0 aliphatic carbocycles. The van der Waals surface area contributed by atoms with Crippen LogP contribution in [0.4, 0.5) is 0 Å². The summed E-state index contributed by atoms with van der Waals surface area (Å²) >= 11 is 0. The van der Waals surface area contributed by atoms with E-state index in [0.717, 1.165) is 12.1 Å². The van der Waals surface area contributed by atoms with Crippen molar-refractivity contribution in [3.8, 4) is 0 Å². The Morgan fingerprint density at radius 2 is 2.09 bits per heavy atom. The number of nitrogens with two attached hydrogens (primary N) is 1. The number of hydrogen-bond acceptors (Lipinski definition) is 2. The molecule has 1 aromatic rings. The van der Waals surface area contributed by atoms with Crippen LogP contribution in [-0.4, -0.2) is 11.5 Å². The molecule has 1 rings (SSSR count). The fourth-order valence-electron chi connectivity index (χ4n) is 0.967. The molecule has 0 saturated carbocycles. The van der Waals surface area contributed by atoms with E-state index >= 15 is 0 Å². The highest BCUT2D eigenvalue weighted by molar-refractivity contribution is 5.23. The maximum Gasteiger partial charge on any atom is 0.0419 e.